The average molecular weight is 647 g/mol. The minimum absolute atomic E-state index is 0.523. The van der Waals surface area contributed by atoms with Crippen LogP contribution in [0.4, 0.5) is 13.2 Å². The quantitative estimate of drug-likeness (QED) is 0.119. The highest BCUT2D eigenvalue weighted by Gasteiger charge is 2.61. The molecule has 2 aromatic heterocycles. The standard InChI is InChI=1S/C23H28B4F3N7O9/c24-22(25,43)12-10(38)20(31,3-1-5-28)15(45-12)36-7-9(30)14(33-18(36)41)35-21(4-2-6-29)11(39)13(23(26,27)44)46-16(21)37-8-32-17(40)34-19(37)42/h7-8,10-13,15-16,38-39,43-44H,5-6,24-27,31H2,(H,33,35,41)(H,34,40,42)/t10?,11?,12?,13?,15-,16-,20-,21-/m1/s1. The largest absolute Gasteiger partial charge is 0.405 e. The van der Waals surface area contributed by atoms with Crippen molar-refractivity contribution in [3.05, 3.63) is 55.3 Å². The average Bonchev–Trinajstić information content (AvgIpc) is 3.39. The Kier molecular flexibility index (Phi) is 9.46. The van der Waals surface area contributed by atoms with Gasteiger partial charge in [-0.05, 0) is 0 Å². The van der Waals surface area contributed by atoms with E-state index in [0.29, 0.717) is 21.7 Å². The minimum Gasteiger partial charge on any atom is -0.405 e. The molecule has 0 aliphatic carbocycles. The van der Waals surface area contributed by atoms with Gasteiger partial charge in [0.1, 0.15) is 75.5 Å². The zero-order valence-corrected chi connectivity index (χ0v) is 24.9. The number of hydrogen-bond donors (Lipinski definition) is 7. The Balaban J connectivity index is 1.98. The molecule has 4 heterocycles. The number of aliphatic hydroxyl groups is 4. The zero-order chi connectivity index (χ0) is 34.4. The lowest BCUT2D eigenvalue weighted by Crippen LogP contribution is -2.58. The summed E-state index contributed by atoms with van der Waals surface area (Å²) in [5.74, 6) is 7.28. The van der Waals surface area contributed by atoms with E-state index < -0.39 is 100 Å². The monoisotopic (exact) mass is 647 g/mol. The lowest BCUT2D eigenvalue weighted by Gasteiger charge is -2.30. The van der Waals surface area contributed by atoms with Gasteiger partial charge in [-0.1, -0.05) is 23.7 Å². The van der Waals surface area contributed by atoms with Crippen LogP contribution in [0.3, 0.4) is 0 Å². The number of halogens is 3. The predicted molar refractivity (Wildman–Crippen MR) is 161 cm³/mol. The maximum absolute atomic E-state index is 15.9. The molecule has 8 N–H and O–H groups in total. The smallest absolute Gasteiger partial charge is 0.350 e. The van der Waals surface area contributed by atoms with Crippen LogP contribution in [0, 0.1) is 29.5 Å². The molecule has 2 aromatic rings. The second-order valence-electron chi connectivity index (χ2n) is 11.8. The molecule has 0 bridgehead atoms. The summed E-state index contributed by atoms with van der Waals surface area (Å²) in [6.45, 7) is -2.52. The highest BCUT2D eigenvalue weighted by atomic mass is 19.1. The molecule has 0 spiro atoms. The van der Waals surface area contributed by atoms with E-state index in [1.807, 2.05) is 16.8 Å². The highest BCUT2D eigenvalue weighted by molar-refractivity contribution is 6.39. The van der Waals surface area contributed by atoms with Crippen molar-refractivity contribution in [2.75, 3.05) is 13.3 Å². The second-order valence-corrected chi connectivity index (χ2v) is 11.8. The number of nitrogens with two attached hydrogens (primary N) is 1. The molecule has 2 fully saturated rings. The third kappa shape index (κ3) is 6.15. The van der Waals surface area contributed by atoms with Crippen LogP contribution in [0.2, 0.25) is 0 Å². The topological polar surface area (TPSA) is 243 Å². The van der Waals surface area contributed by atoms with Crippen LogP contribution < -0.4 is 28.3 Å². The summed E-state index contributed by atoms with van der Waals surface area (Å²) in [5.41, 5.74) is -2.87. The first-order valence-corrected chi connectivity index (χ1v) is 13.6. The zero-order valence-electron chi connectivity index (χ0n) is 24.9. The SMILES string of the molecule is BC(B)(O)C1O[C@@H](n2cc(F)/c(=N\[C@]3(C#CCF)C(O)C(C(B)(B)O)O[C@H]3n3cnc(=O)[nH]c3=O)[nH]c2=O)[C@@](N)(C#CCF)C1O. The molecule has 16 nitrogen and oxygen atoms in total. The normalized spacial score (nSPS) is 31.6. The number of aromatic amines is 2. The van der Waals surface area contributed by atoms with Crippen LogP contribution in [0.25, 0.3) is 0 Å². The van der Waals surface area contributed by atoms with Gasteiger partial charge in [-0.2, -0.15) is 4.98 Å². The van der Waals surface area contributed by atoms with Gasteiger partial charge in [-0.25, -0.2) is 32.5 Å². The van der Waals surface area contributed by atoms with Gasteiger partial charge in [0, 0.05) is 10.8 Å². The van der Waals surface area contributed by atoms with Crippen LogP contribution in [0.1, 0.15) is 12.5 Å². The predicted octanol–water partition coefficient (Wildman–Crippen LogP) is -9.12. The van der Waals surface area contributed by atoms with Gasteiger partial charge in [-0.3, -0.25) is 19.1 Å². The Hall–Kier alpha value is -3.82. The number of nitrogens with one attached hydrogen (secondary N) is 2. The third-order valence-electron chi connectivity index (χ3n) is 7.46. The first kappa shape index (κ1) is 35.0. The lowest BCUT2D eigenvalue weighted by molar-refractivity contribution is -0.0743. The number of rotatable bonds is 5. The summed E-state index contributed by atoms with van der Waals surface area (Å²) in [6, 6.07) is 0. The summed E-state index contributed by atoms with van der Waals surface area (Å²) < 4.78 is 54.8. The molecule has 23 heteroatoms. The van der Waals surface area contributed by atoms with Crippen LogP contribution in [-0.2, 0) is 9.47 Å². The van der Waals surface area contributed by atoms with Crippen molar-refractivity contribution in [2.24, 2.45) is 10.7 Å². The second kappa shape index (κ2) is 12.4. The van der Waals surface area contributed by atoms with Crippen molar-refractivity contribution in [1.29, 1.82) is 0 Å². The van der Waals surface area contributed by atoms with E-state index in [9.17, 15) is 43.6 Å². The first-order valence-electron chi connectivity index (χ1n) is 13.6. The molecule has 0 amide bonds. The fourth-order valence-corrected chi connectivity index (χ4v) is 5.31. The molecule has 8 atom stereocenters. The lowest BCUT2D eigenvalue weighted by atomic mass is 9.60. The van der Waals surface area contributed by atoms with E-state index in [0.717, 1.165) is 0 Å². The summed E-state index contributed by atoms with van der Waals surface area (Å²) in [6.07, 6.45) is -9.39. The fraction of sp³-hybridized carbons (Fsp3) is 0.522. The van der Waals surface area contributed by atoms with Crippen LogP contribution in [-0.4, -0.2) is 136 Å². The number of aromatic nitrogens is 5. The number of alkyl halides is 2. The molecule has 0 radical (unpaired) electrons. The Morgan fingerprint density at radius 2 is 1.50 bits per heavy atom. The molecule has 46 heavy (non-hydrogen) atoms. The van der Waals surface area contributed by atoms with Crippen molar-refractivity contribution in [2.45, 2.75) is 58.7 Å². The van der Waals surface area contributed by atoms with E-state index in [1.165, 1.54) is 31.4 Å². The molecule has 2 aliphatic rings. The van der Waals surface area contributed by atoms with Crippen LogP contribution in [0.5, 0.6) is 0 Å². The third-order valence-corrected chi connectivity index (χ3v) is 7.46. The van der Waals surface area contributed by atoms with Crippen LogP contribution in [0.15, 0.2) is 31.9 Å². The fourth-order valence-electron chi connectivity index (χ4n) is 5.31. The molecular formula is C23H28B4F3N7O9. The summed E-state index contributed by atoms with van der Waals surface area (Å²) in [5, 5.41) is 39.9. The molecule has 4 rings (SSSR count). The summed E-state index contributed by atoms with van der Waals surface area (Å²) >= 11 is 0. The number of hydrogen-bond acceptors (Lipinski definition) is 12. The van der Waals surface area contributed by atoms with E-state index in [2.05, 4.69) is 26.8 Å². The Bertz CT molecular complexity index is 1870. The van der Waals surface area contributed by atoms with Gasteiger partial charge in [0.2, 0.25) is 0 Å². The molecule has 2 saturated heterocycles. The number of nitrogens with zero attached hydrogens (tertiary/aromatic N) is 4. The van der Waals surface area contributed by atoms with E-state index in [-0.39, 0.29) is 0 Å². The van der Waals surface area contributed by atoms with E-state index in [1.54, 1.807) is 0 Å². The van der Waals surface area contributed by atoms with E-state index in [4.69, 9.17) is 15.2 Å². The maximum atomic E-state index is 15.9. The van der Waals surface area contributed by atoms with Gasteiger partial charge in [0.15, 0.2) is 34.8 Å². The molecule has 0 aromatic carbocycles. The van der Waals surface area contributed by atoms with Gasteiger partial charge in [-0.15, -0.1) is 0 Å². The Morgan fingerprint density at radius 1 is 0.957 bits per heavy atom. The van der Waals surface area contributed by atoms with Gasteiger partial charge >= 0.3 is 17.1 Å². The van der Waals surface area contributed by atoms with Crippen molar-refractivity contribution in [3.8, 4) is 23.7 Å². The number of H-pyrrole nitrogens is 2. The molecule has 2 aliphatic heterocycles. The Labute approximate surface area is 260 Å². The Morgan fingerprint density at radius 3 is 2.07 bits per heavy atom. The van der Waals surface area contributed by atoms with Gasteiger partial charge < -0.3 is 35.6 Å². The summed E-state index contributed by atoms with van der Waals surface area (Å²) in [7, 11) is 4.97. The van der Waals surface area contributed by atoms with Gasteiger partial charge in [0.05, 0.1) is 6.20 Å². The molecule has 4 unspecified atom stereocenters. The molecule has 0 saturated carbocycles. The van der Waals surface area contributed by atoms with Gasteiger partial charge in [0.25, 0.3) is 0 Å². The number of aliphatic hydroxyl groups excluding tert-OH is 2. The van der Waals surface area contributed by atoms with Crippen molar-refractivity contribution < 1.29 is 43.1 Å². The van der Waals surface area contributed by atoms with Crippen molar-refractivity contribution >= 4 is 31.4 Å². The minimum atomic E-state index is -2.53. The summed E-state index contributed by atoms with van der Waals surface area (Å²) in [4.78, 5) is 49.2. The van der Waals surface area contributed by atoms with Crippen LogP contribution >= 0.6 is 0 Å². The van der Waals surface area contributed by atoms with Crippen molar-refractivity contribution in [1.82, 2.24) is 24.1 Å². The highest BCUT2D eigenvalue weighted by Crippen LogP contribution is 2.43. The number of ether oxygens (including phenoxy) is 2. The first-order chi connectivity index (χ1) is 21.3. The van der Waals surface area contributed by atoms with Crippen molar-refractivity contribution in [3.63, 3.8) is 0 Å². The molecule has 242 valence electrons. The van der Waals surface area contributed by atoms with E-state index >= 15 is 4.39 Å². The maximum Gasteiger partial charge on any atom is 0.350 e. The molecular weight excluding hydrogens is 619 g/mol.